The smallest absolute Gasteiger partial charge is 0.313 e. The van der Waals surface area contributed by atoms with Gasteiger partial charge in [-0.2, -0.15) is 0 Å². The van der Waals surface area contributed by atoms with Crippen molar-refractivity contribution in [1.82, 2.24) is 4.90 Å². The first-order chi connectivity index (χ1) is 17.7. The molecule has 1 aliphatic heterocycles. The molecule has 3 aromatic carbocycles. The third-order valence-electron chi connectivity index (χ3n) is 8.04. The number of halogens is 1. The van der Waals surface area contributed by atoms with Crippen molar-refractivity contribution >= 4 is 17.6 Å². The maximum atomic E-state index is 11.5. The van der Waals surface area contributed by atoms with Crippen LogP contribution in [0.3, 0.4) is 0 Å². The molecule has 1 unspecified atom stereocenters. The lowest BCUT2D eigenvalue weighted by atomic mass is 9.75. The number of aliphatic hydroxyl groups is 1. The number of nitrogens with zero attached hydrogens (tertiary/aromatic N) is 1. The number of rotatable bonds is 10. The average Bonchev–Trinajstić information content (AvgIpc) is 2.94. The Kier molecular flexibility index (Phi) is 8.74. The number of hydrogen-bond acceptors (Lipinski definition) is 3. The van der Waals surface area contributed by atoms with Crippen LogP contribution in [0.5, 0.6) is 0 Å². The predicted molar refractivity (Wildman–Crippen MR) is 150 cm³/mol. The molecule has 1 fully saturated rings. The molecule has 3 aromatic rings. The molecule has 0 amide bonds. The minimum atomic E-state index is -0.947. The van der Waals surface area contributed by atoms with Crippen LogP contribution >= 0.6 is 11.6 Å². The van der Waals surface area contributed by atoms with Crippen LogP contribution in [0.15, 0.2) is 84.9 Å². The average molecular weight is 520 g/mol. The van der Waals surface area contributed by atoms with Crippen LogP contribution in [0.1, 0.15) is 67.9 Å². The highest BCUT2D eigenvalue weighted by Crippen LogP contribution is 2.47. The third-order valence-corrected chi connectivity index (χ3v) is 8.79. The van der Waals surface area contributed by atoms with E-state index >= 15 is 0 Å². The largest absolute Gasteiger partial charge is 0.481 e. The monoisotopic (exact) mass is 519 g/mol. The van der Waals surface area contributed by atoms with Gasteiger partial charge in [-0.25, -0.2) is 0 Å². The van der Waals surface area contributed by atoms with Crippen molar-refractivity contribution in [1.29, 1.82) is 0 Å². The van der Waals surface area contributed by atoms with Crippen LogP contribution in [0, 0.1) is 5.92 Å². The van der Waals surface area contributed by atoms with E-state index in [1.54, 1.807) is 13.8 Å². The fraction of sp³-hybridized carbons (Fsp3) is 0.406. The number of alkyl halides is 1. The van der Waals surface area contributed by atoms with E-state index in [-0.39, 0.29) is 0 Å². The number of piperidine rings is 1. The predicted octanol–water partition coefficient (Wildman–Crippen LogP) is 6.76. The van der Waals surface area contributed by atoms with Crippen molar-refractivity contribution in [2.24, 2.45) is 5.92 Å². The summed E-state index contributed by atoms with van der Waals surface area (Å²) in [5.41, 5.74) is 2.93. The van der Waals surface area contributed by atoms with Crippen LogP contribution < -0.4 is 0 Å². The summed E-state index contributed by atoms with van der Waals surface area (Å²) in [5, 5.41) is 20.1. The maximum absolute atomic E-state index is 11.5. The summed E-state index contributed by atoms with van der Waals surface area (Å²) in [4.78, 5) is 13.4. The lowest BCUT2D eigenvalue weighted by Crippen LogP contribution is -2.41. The summed E-state index contributed by atoms with van der Waals surface area (Å²) in [6.45, 7) is 6.32. The van der Waals surface area contributed by atoms with Gasteiger partial charge in [-0.3, -0.25) is 4.79 Å². The van der Waals surface area contributed by atoms with Crippen LogP contribution in [0.25, 0.3) is 0 Å². The number of carboxylic acids is 1. The molecule has 0 radical (unpaired) electrons. The van der Waals surface area contributed by atoms with Crippen molar-refractivity contribution in [2.75, 3.05) is 19.6 Å². The van der Waals surface area contributed by atoms with Crippen molar-refractivity contribution in [3.05, 3.63) is 107 Å². The van der Waals surface area contributed by atoms with Crippen LogP contribution in [0.2, 0.25) is 0 Å². The molecule has 0 spiro atoms. The van der Waals surface area contributed by atoms with E-state index in [0.29, 0.717) is 12.3 Å². The molecule has 1 heterocycles. The summed E-state index contributed by atoms with van der Waals surface area (Å²) in [5.74, 6) is -0.516. The molecule has 0 bridgehead atoms. The minimum absolute atomic E-state index is 0.342. The standard InChI is InChI=1S/C32H38ClNO3/c1-31(2,30(36)37)25-17-15-24(16-18-25)29(35)14-9-21-34-22-19-28(20-23-34)32(33,26-10-5-3-6-11-26)27-12-7-4-8-13-27/h3-8,10-13,15-18,28-29,35H,9,14,19-23H2,1-2H3,(H,36,37). The number of likely N-dealkylation sites (tertiary alicyclic amines) is 1. The zero-order valence-electron chi connectivity index (χ0n) is 21.8. The number of hydrogen-bond donors (Lipinski definition) is 2. The van der Waals surface area contributed by atoms with E-state index in [2.05, 4.69) is 53.4 Å². The lowest BCUT2D eigenvalue weighted by molar-refractivity contribution is -0.142. The summed E-state index contributed by atoms with van der Waals surface area (Å²) in [6.07, 6.45) is 3.08. The minimum Gasteiger partial charge on any atom is -0.481 e. The molecule has 1 aliphatic rings. The number of aliphatic hydroxyl groups excluding tert-OH is 1. The summed E-state index contributed by atoms with van der Waals surface area (Å²) in [7, 11) is 0. The van der Waals surface area contributed by atoms with Gasteiger partial charge < -0.3 is 15.1 Å². The molecular formula is C32H38ClNO3. The Morgan fingerprint density at radius 2 is 1.41 bits per heavy atom. The van der Waals surface area contributed by atoms with Gasteiger partial charge in [0.05, 0.1) is 16.4 Å². The molecule has 1 saturated heterocycles. The Bertz CT molecular complexity index is 1100. The Hall–Kier alpha value is -2.66. The molecule has 1 atom stereocenters. The van der Waals surface area contributed by atoms with E-state index in [4.69, 9.17) is 11.6 Å². The van der Waals surface area contributed by atoms with Crippen molar-refractivity contribution in [3.8, 4) is 0 Å². The molecule has 0 aromatic heterocycles. The number of aliphatic carboxylic acids is 1. The van der Waals surface area contributed by atoms with Gasteiger partial charge in [-0.15, -0.1) is 11.6 Å². The Morgan fingerprint density at radius 3 is 1.89 bits per heavy atom. The lowest BCUT2D eigenvalue weighted by Gasteiger charge is -2.42. The zero-order chi connectivity index (χ0) is 26.5. The fourth-order valence-electron chi connectivity index (χ4n) is 5.47. The first-order valence-electron chi connectivity index (χ1n) is 13.3. The second kappa shape index (κ2) is 11.8. The Labute approximate surface area is 225 Å². The maximum Gasteiger partial charge on any atom is 0.313 e. The normalized spacial score (nSPS) is 16.4. The Morgan fingerprint density at radius 1 is 0.892 bits per heavy atom. The SMILES string of the molecule is CC(C)(C(=O)O)c1ccc(C(O)CCCN2CCC(C(Cl)(c3ccccc3)c3ccccc3)CC2)cc1. The molecule has 0 aliphatic carbocycles. The quantitative estimate of drug-likeness (QED) is 0.291. The van der Waals surface area contributed by atoms with E-state index in [1.807, 2.05) is 36.4 Å². The van der Waals surface area contributed by atoms with Crippen molar-refractivity contribution in [3.63, 3.8) is 0 Å². The highest BCUT2D eigenvalue weighted by Gasteiger charge is 2.41. The van der Waals surface area contributed by atoms with Gasteiger partial charge in [0.1, 0.15) is 0 Å². The fourth-order valence-corrected chi connectivity index (χ4v) is 5.94. The van der Waals surface area contributed by atoms with Gasteiger partial charge in [0, 0.05) is 0 Å². The first kappa shape index (κ1) is 27.4. The van der Waals surface area contributed by atoms with Gasteiger partial charge >= 0.3 is 5.97 Å². The van der Waals surface area contributed by atoms with Crippen LogP contribution in [0.4, 0.5) is 0 Å². The second-order valence-electron chi connectivity index (χ2n) is 10.8. The molecule has 2 N–H and O–H groups in total. The van der Waals surface area contributed by atoms with E-state index in [1.165, 1.54) is 0 Å². The first-order valence-corrected chi connectivity index (χ1v) is 13.6. The van der Waals surface area contributed by atoms with Gasteiger partial charge in [-0.05, 0) is 87.3 Å². The second-order valence-corrected chi connectivity index (χ2v) is 11.4. The van der Waals surface area contributed by atoms with Gasteiger partial charge in [0.2, 0.25) is 0 Å². The van der Waals surface area contributed by atoms with Gasteiger partial charge in [-0.1, -0.05) is 84.9 Å². The molecule has 0 saturated carbocycles. The molecular weight excluding hydrogens is 482 g/mol. The number of carboxylic acid groups (broad SMARTS) is 1. The molecule has 4 nitrogen and oxygen atoms in total. The molecule has 37 heavy (non-hydrogen) atoms. The molecule has 5 heteroatoms. The topological polar surface area (TPSA) is 60.8 Å². The molecule has 4 rings (SSSR count). The number of carbonyl (C=O) groups is 1. The van der Waals surface area contributed by atoms with Crippen molar-refractivity contribution < 1.29 is 15.0 Å². The highest BCUT2D eigenvalue weighted by atomic mass is 35.5. The summed E-state index contributed by atoms with van der Waals surface area (Å²) < 4.78 is 0. The van der Waals surface area contributed by atoms with E-state index < -0.39 is 22.4 Å². The Balaban J connectivity index is 1.31. The highest BCUT2D eigenvalue weighted by molar-refractivity contribution is 6.26. The zero-order valence-corrected chi connectivity index (χ0v) is 22.6. The van der Waals surface area contributed by atoms with Crippen LogP contribution in [-0.4, -0.2) is 40.7 Å². The molecule has 196 valence electrons. The van der Waals surface area contributed by atoms with E-state index in [0.717, 1.165) is 61.2 Å². The summed E-state index contributed by atoms with van der Waals surface area (Å²) >= 11 is 7.50. The van der Waals surface area contributed by atoms with Crippen LogP contribution in [-0.2, 0) is 15.1 Å². The number of benzene rings is 3. The summed E-state index contributed by atoms with van der Waals surface area (Å²) in [6, 6.07) is 28.2. The van der Waals surface area contributed by atoms with Crippen molar-refractivity contribution in [2.45, 2.75) is 55.9 Å². The van der Waals surface area contributed by atoms with E-state index in [9.17, 15) is 15.0 Å². The van der Waals surface area contributed by atoms with Gasteiger partial charge in [0.15, 0.2) is 0 Å². The van der Waals surface area contributed by atoms with Gasteiger partial charge in [0.25, 0.3) is 0 Å². The third kappa shape index (κ3) is 6.09.